The van der Waals surface area contributed by atoms with Gasteiger partial charge in [-0.2, -0.15) is 0 Å². The zero-order valence-electron chi connectivity index (χ0n) is 9.99. The molecule has 0 bridgehead atoms. The topological polar surface area (TPSA) is 58.6 Å². The van der Waals surface area contributed by atoms with Gasteiger partial charge < -0.3 is 15.0 Å². The van der Waals surface area contributed by atoms with E-state index in [0.717, 1.165) is 12.8 Å². The van der Waals surface area contributed by atoms with Crippen LogP contribution in [0.1, 0.15) is 26.2 Å². The summed E-state index contributed by atoms with van der Waals surface area (Å²) in [7, 11) is 1.67. The molecule has 1 saturated heterocycles. The Morgan fingerprint density at radius 2 is 2.19 bits per heavy atom. The quantitative estimate of drug-likeness (QED) is 0.681. The zero-order chi connectivity index (χ0) is 12.0. The molecule has 16 heavy (non-hydrogen) atoms. The highest BCUT2D eigenvalue weighted by atomic mass is 16.5. The van der Waals surface area contributed by atoms with E-state index in [9.17, 15) is 9.59 Å². The lowest BCUT2D eigenvalue weighted by Crippen LogP contribution is -2.40. The molecule has 1 aliphatic rings. The van der Waals surface area contributed by atoms with Gasteiger partial charge in [-0.15, -0.1) is 0 Å². The minimum absolute atomic E-state index is 0.00227. The third kappa shape index (κ3) is 3.81. The van der Waals surface area contributed by atoms with Crippen LogP contribution in [0.4, 0.5) is 0 Å². The predicted octanol–water partition coefficient (Wildman–Crippen LogP) is 0.150. The van der Waals surface area contributed by atoms with Gasteiger partial charge in [-0.1, -0.05) is 0 Å². The van der Waals surface area contributed by atoms with Crippen LogP contribution >= 0.6 is 0 Å². The highest BCUT2D eigenvalue weighted by Gasteiger charge is 2.25. The SMILES string of the molecule is COCCCCN1C(=O)CNC(=O)CC1C. The van der Waals surface area contributed by atoms with Gasteiger partial charge in [-0.05, 0) is 19.8 Å². The summed E-state index contributed by atoms with van der Waals surface area (Å²) >= 11 is 0. The number of hydrogen-bond acceptors (Lipinski definition) is 3. The molecule has 1 aliphatic heterocycles. The van der Waals surface area contributed by atoms with Gasteiger partial charge in [-0.3, -0.25) is 9.59 Å². The Hall–Kier alpha value is -1.10. The van der Waals surface area contributed by atoms with Gasteiger partial charge in [0.05, 0.1) is 6.54 Å². The monoisotopic (exact) mass is 228 g/mol. The molecule has 1 rings (SSSR count). The van der Waals surface area contributed by atoms with Crippen molar-refractivity contribution in [3.8, 4) is 0 Å². The van der Waals surface area contributed by atoms with Gasteiger partial charge in [-0.25, -0.2) is 0 Å². The van der Waals surface area contributed by atoms with Crippen LogP contribution in [-0.4, -0.2) is 49.6 Å². The number of ether oxygens (including phenoxy) is 1. The van der Waals surface area contributed by atoms with E-state index in [1.165, 1.54) is 0 Å². The smallest absolute Gasteiger partial charge is 0.242 e. The largest absolute Gasteiger partial charge is 0.385 e. The van der Waals surface area contributed by atoms with Crippen molar-refractivity contribution in [3.05, 3.63) is 0 Å². The molecule has 92 valence electrons. The summed E-state index contributed by atoms with van der Waals surface area (Å²) in [6.45, 7) is 3.47. The summed E-state index contributed by atoms with van der Waals surface area (Å²) in [6, 6.07) is -0.00227. The second-order valence-electron chi connectivity index (χ2n) is 4.12. The third-order valence-electron chi connectivity index (χ3n) is 2.77. The fourth-order valence-electron chi connectivity index (χ4n) is 1.85. The Morgan fingerprint density at radius 3 is 2.88 bits per heavy atom. The van der Waals surface area contributed by atoms with Crippen molar-refractivity contribution >= 4 is 11.8 Å². The first kappa shape index (κ1) is 13.0. The summed E-state index contributed by atoms with van der Waals surface area (Å²) in [4.78, 5) is 24.8. The van der Waals surface area contributed by atoms with E-state index in [2.05, 4.69) is 5.32 Å². The Balaban J connectivity index is 2.41. The molecule has 0 spiro atoms. The number of nitrogens with one attached hydrogen (secondary N) is 1. The molecule has 1 atom stereocenters. The molecule has 1 fully saturated rings. The fourth-order valence-corrected chi connectivity index (χ4v) is 1.85. The molecule has 2 amide bonds. The van der Waals surface area contributed by atoms with Crippen LogP contribution in [0, 0.1) is 0 Å². The van der Waals surface area contributed by atoms with Crippen LogP contribution < -0.4 is 5.32 Å². The Kier molecular flexibility index (Phi) is 5.25. The van der Waals surface area contributed by atoms with E-state index < -0.39 is 0 Å². The van der Waals surface area contributed by atoms with Gasteiger partial charge in [0, 0.05) is 32.7 Å². The third-order valence-corrected chi connectivity index (χ3v) is 2.77. The molecule has 0 radical (unpaired) electrons. The number of methoxy groups -OCH3 is 1. The molecule has 0 aliphatic carbocycles. The maximum atomic E-state index is 11.7. The van der Waals surface area contributed by atoms with Gasteiger partial charge in [0.15, 0.2) is 0 Å². The van der Waals surface area contributed by atoms with Crippen LogP contribution in [0.2, 0.25) is 0 Å². The number of carbonyl (C=O) groups is 2. The molecule has 1 unspecified atom stereocenters. The Labute approximate surface area is 96.1 Å². The normalized spacial score (nSPS) is 21.9. The average molecular weight is 228 g/mol. The number of rotatable bonds is 5. The van der Waals surface area contributed by atoms with Crippen molar-refractivity contribution in [3.63, 3.8) is 0 Å². The second-order valence-corrected chi connectivity index (χ2v) is 4.12. The number of carbonyl (C=O) groups excluding carboxylic acids is 2. The van der Waals surface area contributed by atoms with Crippen molar-refractivity contribution < 1.29 is 14.3 Å². The van der Waals surface area contributed by atoms with Crippen LogP contribution in [0.3, 0.4) is 0 Å². The summed E-state index contributed by atoms with van der Waals surface area (Å²) in [5.41, 5.74) is 0. The second kappa shape index (κ2) is 6.48. The molecule has 0 aromatic carbocycles. The van der Waals surface area contributed by atoms with E-state index in [0.29, 0.717) is 19.6 Å². The lowest BCUT2D eigenvalue weighted by atomic mass is 10.2. The summed E-state index contributed by atoms with van der Waals surface area (Å²) in [5, 5.41) is 2.60. The minimum atomic E-state index is -0.0414. The lowest BCUT2D eigenvalue weighted by molar-refractivity contribution is -0.131. The maximum absolute atomic E-state index is 11.7. The molecular weight excluding hydrogens is 208 g/mol. The molecule has 1 heterocycles. The maximum Gasteiger partial charge on any atom is 0.242 e. The molecule has 0 aromatic heterocycles. The Morgan fingerprint density at radius 1 is 1.44 bits per heavy atom. The van der Waals surface area contributed by atoms with Gasteiger partial charge >= 0.3 is 0 Å². The van der Waals surface area contributed by atoms with E-state index in [1.807, 2.05) is 6.92 Å². The average Bonchev–Trinajstić information content (AvgIpc) is 2.36. The van der Waals surface area contributed by atoms with Crippen LogP contribution in [0.15, 0.2) is 0 Å². The number of amides is 2. The van der Waals surface area contributed by atoms with Crippen molar-refractivity contribution in [2.24, 2.45) is 0 Å². The summed E-state index contributed by atoms with van der Waals surface area (Å²) < 4.78 is 4.96. The van der Waals surface area contributed by atoms with Crippen LogP contribution in [0.25, 0.3) is 0 Å². The lowest BCUT2D eigenvalue weighted by Gasteiger charge is -2.26. The number of hydrogen-bond donors (Lipinski definition) is 1. The molecule has 5 heteroatoms. The van der Waals surface area contributed by atoms with Gasteiger partial charge in [0.25, 0.3) is 0 Å². The minimum Gasteiger partial charge on any atom is -0.385 e. The first-order chi connectivity index (χ1) is 7.65. The van der Waals surface area contributed by atoms with E-state index >= 15 is 0 Å². The molecule has 0 aromatic rings. The number of nitrogens with zero attached hydrogens (tertiary/aromatic N) is 1. The standard InChI is InChI=1S/C11H20N2O3/c1-9-7-10(14)12-8-11(15)13(9)5-3-4-6-16-2/h9H,3-8H2,1-2H3,(H,12,14). The van der Waals surface area contributed by atoms with Crippen molar-refractivity contribution in [2.75, 3.05) is 26.8 Å². The first-order valence-electron chi connectivity index (χ1n) is 5.70. The predicted molar refractivity (Wildman–Crippen MR) is 59.9 cm³/mol. The molecule has 1 N–H and O–H groups in total. The van der Waals surface area contributed by atoms with Crippen molar-refractivity contribution in [1.82, 2.24) is 10.2 Å². The Bertz CT molecular complexity index is 256. The van der Waals surface area contributed by atoms with Crippen molar-refractivity contribution in [2.45, 2.75) is 32.2 Å². The van der Waals surface area contributed by atoms with E-state index in [1.54, 1.807) is 12.0 Å². The molecular formula is C11H20N2O3. The summed E-state index contributed by atoms with van der Waals surface area (Å²) in [5.74, 6) is -0.0315. The highest BCUT2D eigenvalue weighted by molar-refractivity contribution is 5.87. The van der Waals surface area contributed by atoms with Crippen molar-refractivity contribution in [1.29, 1.82) is 0 Å². The van der Waals surface area contributed by atoms with Gasteiger partial charge in [0.1, 0.15) is 0 Å². The molecule has 5 nitrogen and oxygen atoms in total. The highest BCUT2D eigenvalue weighted by Crippen LogP contribution is 2.09. The van der Waals surface area contributed by atoms with Gasteiger partial charge in [0.2, 0.25) is 11.8 Å². The van der Waals surface area contributed by atoms with Crippen LogP contribution in [-0.2, 0) is 14.3 Å². The van der Waals surface area contributed by atoms with E-state index in [4.69, 9.17) is 4.74 Å². The number of unbranched alkanes of at least 4 members (excludes halogenated alkanes) is 1. The fraction of sp³-hybridized carbons (Fsp3) is 0.818. The van der Waals surface area contributed by atoms with Crippen LogP contribution in [0.5, 0.6) is 0 Å². The summed E-state index contributed by atoms with van der Waals surface area (Å²) in [6.07, 6.45) is 2.25. The van der Waals surface area contributed by atoms with E-state index in [-0.39, 0.29) is 24.4 Å². The first-order valence-corrected chi connectivity index (χ1v) is 5.70. The zero-order valence-corrected chi connectivity index (χ0v) is 9.99. The molecule has 0 saturated carbocycles.